The van der Waals surface area contributed by atoms with E-state index in [0.29, 0.717) is 0 Å². The zero-order chi connectivity index (χ0) is 66.0. The summed E-state index contributed by atoms with van der Waals surface area (Å²) in [7, 11) is -22.3. The van der Waals surface area contributed by atoms with Crippen LogP contribution in [0, 0.1) is 11.8 Å². The van der Waals surface area contributed by atoms with E-state index >= 15 is 0 Å². The van der Waals surface area contributed by atoms with E-state index in [2.05, 4.69) is 47.6 Å². The number of ether oxygens (including phenoxy) is 7. The molecule has 4 aromatic heterocycles. The first-order valence-electron chi connectivity index (χ1n) is 25.9. The van der Waals surface area contributed by atoms with E-state index < -0.39 is 198 Å². The number of nitrogen functional groups attached to an aromatic ring is 2. The van der Waals surface area contributed by atoms with Gasteiger partial charge in [-0.1, -0.05) is 13.8 Å². The Balaban J connectivity index is 0.000000259. The van der Waals surface area contributed by atoms with Crippen molar-refractivity contribution in [2.24, 2.45) is 11.8 Å². The number of anilines is 2. The maximum Gasteiger partial charge on any atom is 0.483 e. The second-order valence-corrected chi connectivity index (χ2v) is 26.0. The van der Waals surface area contributed by atoms with Crippen LogP contribution < -0.4 is 11.5 Å². The number of phosphoric acid groups is 4. The first-order valence-corrected chi connectivity index (χ1v) is 31.8. The van der Waals surface area contributed by atoms with Crippen molar-refractivity contribution in [3.05, 3.63) is 25.3 Å². The molecule has 0 aromatic carbocycles. The number of nitrogens with zero attached hydrogens (tertiary/aromatic N) is 8. The third-order valence-corrected chi connectivity index (χ3v) is 18.9. The summed E-state index contributed by atoms with van der Waals surface area (Å²) in [4.78, 5) is 99.4. The summed E-state index contributed by atoms with van der Waals surface area (Å²) >= 11 is 0. The minimum absolute atomic E-state index is 0.0302. The van der Waals surface area contributed by atoms with Crippen molar-refractivity contribution < 1.29 is 158 Å². The number of nitrogens with two attached hydrogens (primary N) is 2. The third kappa shape index (κ3) is 17.2. The van der Waals surface area contributed by atoms with Crippen molar-refractivity contribution >= 4 is 83.2 Å². The average Bonchev–Trinajstić information content (AvgIpc) is 2.07. The molecule has 4 fully saturated rings. The van der Waals surface area contributed by atoms with Gasteiger partial charge < -0.3 is 110 Å². The number of imidazole rings is 2. The molecule has 47 heteroatoms. The van der Waals surface area contributed by atoms with Crippen LogP contribution in [0.15, 0.2) is 25.3 Å². The van der Waals surface area contributed by atoms with Crippen LogP contribution in [0.1, 0.15) is 47.1 Å². The molecule has 17 N–H and O–H groups in total. The van der Waals surface area contributed by atoms with E-state index in [-0.39, 0.29) is 34.0 Å². The number of rotatable bonds is 23. The van der Waals surface area contributed by atoms with Crippen LogP contribution in [0.25, 0.3) is 22.3 Å². The topological polar surface area (TPSA) is 642 Å². The van der Waals surface area contributed by atoms with Crippen LogP contribution in [0.2, 0.25) is 0 Å². The van der Waals surface area contributed by atoms with E-state index in [0.717, 1.165) is 33.4 Å². The smallest absolute Gasteiger partial charge is 0.462 e. The molecule has 8 rings (SSSR count). The van der Waals surface area contributed by atoms with E-state index in [1.807, 2.05) is 0 Å². The molecule has 4 aliphatic rings. The maximum absolute atomic E-state index is 13.0. The Morgan fingerprint density at radius 3 is 1.48 bits per heavy atom. The van der Waals surface area contributed by atoms with Crippen molar-refractivity contribution in [1.29, 1.82) is 0 Å². The molecule has 4 aromatic rings. The summed E-state index contributed by atoms with van der Waals surface area (Å²) < 4.78 is 118. The van der Waals surface area contributed by atoms with Crippen LogP contribution in [-0.2, 0) is 92.5 Å². The highest BCUT2D eigenvalue weighted by Gasteiger charge is 2.54. The third-order valence-electron chi connectivity index (χ3n) is 13.7. The fraction of sp³-hybridized carbons (Fsp3) is 0.690. The summed E-state index contributed by atoms with van der Waals surface area (Å²) in [6, 6.07) is 0. The maximum atomic E-state index is 13.0. The Hall–Kier alpha value is -4.89. The molecule has 4 saturated heterocycles. The van der Waals surface area contributed by atoms with Gasteiger partial charge in [0.1, 0.15) is 104 Å². The van der Waals surface area contributed by atoms with Crippen molar-refractivity contribution in [2.75, 3.05) is 37.9 Å². The summed E-state index contributed by atoms with van der Waals surface area (Å²) in [5, 5.41) is 90.4. The molecule has 10 unspecified atom stereocenters. The number of esters is 3. The molecule has 0 spiro atoms. The minimum atomic E-state index is -5.65. The predicted molar refractivity (Wildman–Crippen MR) is 281 cm³/mol. The van der Waals surface area contributed by atoms with Gasteiger partial charge in [0.05, 0.1) is 32.5 Å². The second kappa shape index (κ2) is 29.0. The number of hydrogen-bond acceptors (Lipinski definition) is 37. The molecule has 0 amide bonds. The van der Waals surface area contributed by atoms with Crippen LogP contribution >= 0.6 is 31.3 Å². The molecule has 0 bridgehead atoms. The van der Waals surface area contributed by atoms with Gasteiger partial charge in [-0.2, -0.15) is 8.62 Å². The Morgan fingerprint density at radius 2 is 1.04 bits per heavy atom. The van der Waals surface area contributed by atoms with Gasteiger partial charge >= 0.3 is 49.2 Å². The molecule has 8 heterocycles. The van der Waals surface area contributed by atoms with E-state index in [1.54, 1.807) is 13.8 Å². The number of carbonyl (C=O) groups excluding carboxylic acids is 3. The van der Waals surface area contributed by atoms with Crippen molar-refractivity contribution in [1.82, 2.24) is 39.0 Å². The Kier molecular flexibility index (Phi) is 23.3. The highest BCUT2D eigenvalue weighted by atomic mass is 31.3. The van der Waals surface area contributed by atoms with Crippen molar-refractivity contribution in [3.63, 3.8) is 0 Å². The molecule has 24 atom stereocenters. The van der Waals surface area contributed by atoms with Crippen LogP contribution in [-0.4, -0.2) is 247 Å². The number of hydrogen-bond donors (Lipinski definition) is 15. The summed E-state index contributed by atoms with van der Waals surface area (Å²) in [5.74, 6) is -3.59. The highest BCUT2D eigenvalue weighted by molar-refractivity contribution is 7.61. The molecule has 0 aliphatic carbocycles. The monoisotopic (exact) mass is 1360 g/mol. The number of aliphatic hydroxyl groups excluding tert-OH is 9. The van der Waals surface area contributed by atoms with Gasteiger partial charge in [0.2, 0.25) is 6.29 Å². The standard InChI is InChI=1S/C25H37N5O17P2.C17H27N5O16P2/c1-10-11(2)21(43-14(5)33)25(45-20(10)16(42-13(4)32)6-40-12(3)31)46-49(38,39)47-48(36,37)41-7-15-18(34)19(35)24(44-15)30-9-29-17-22(26)27-8-28-23(17)30;18-14-7-15(20-3-19-14)22(4-21-7)16-11(28)8(25)6(35-16)2-34-39(30,31)38-40(32,33)37-17-12(29)9(26)10(27)13(36-17)5(24)1-23/h8-11,15-16,18-21,24-25,34-35H,6-7H2,1-5H3,(H,36,37)(H,38,39)(H2,26,27,28);3-6,8-13,16-17,23-29H,1-2H2,(H,30,31)(H,32,33)(H2,18,19,20)/t10-,11-,15+,16-,18-,19?,20?,21?,24+,25-;5-,6+,8-,9-,10-,11?,12?,13?,16+,17-/m00/s1. The molecular weight excluding hydrogens is 1300 g/mol. The Labute approximate surface area is 499 Å². The highest BCUT2D eigenvalue weighted by Crippen LogP contribution is 2.63. The largest absolute Gasteiger partial charge is 0.483 e. The molecule has 0 radical (unpaired) electrons. The van der Waals surface area contributed by atoms with E-state index in [9.17, 15) is 93.1 Å². The molecule has 500 valence electrons. The zero-order valence-corrected chi connectivity index (χ0v) is 50.3. The lowest BCUT2D eigenvalue weighted by molar-refractivity contribution is -0.292. The number of phosphoric ester groups is 4. The van der Waals surface area contributed by atoms with Crippen molar-refractivity contribution in [3.8, 4) is 0 Å². The van der Waals surface area contributed by atoms with Gasteiger partial charge in [-0.3, -0.25) is 41.6 Å². The summed E-state index contributed by atoms with van der Waals surface area (Å²) in [5.41, 5.74) is 12.1. The van der Waals surface area contributed by atoms with Gasteiger partial charge in [-0.25, -0.2) is 48.2 Å². The first-order chi connectivity index (χ1) is 41.5. The Bertz CT molecular complexity index is 3340. The second-order valence-electron chi connectivity index (χ2n) is 20.0. The SMILES string of the molecule is CC(=O)OC[C@H](OC(C)=O)C1O[C@@H](OP(=O)(O)OP(=O)(O)OC[C@H]2O[C@@H](n3cnc4c(N)ncnc43)C(O)[C@H]2O)C(OC(C)=O)[C@@H](C)[C@@H]1C.Nc1ncnc2c1ncn2[C@@H]1O[C@H](COP(=O)(O)OP(=O)(O)O[C@@H]2OC([C@@H](O)CO)[C@@H](O)[C@H](O)C2O)[C@H](O)C1O. The number of aliphatic hydroxyl groups is 9. The van der Waals surface area contributed by atoms with Crippen LogP contribution in [0.4, 0.5) is 11.6 Å². The van der Waals surface area contributed by atoms with E-state index in [1.165, 1.54) is 21.8 Å². The van der Waals surface area contributed by atoms with Crippen LogP contribution in [0.3, 0.4) is 0 Å². The lowest BCUT2D eigenvalue weighted by Gasteiger charge is -2.45. The number of carbonyl (C=O) groups is 3. The number of fused-ring (bicyclic) bond motifs is 2. The fourth-order valence-corrected chi connectivity index (χ4v) is 13.6. The van der Waals surface area contributed by atoms with Gasteiger partial charge in [0, 0.05) is 26.7 Å². The molecule has 89 heavy (non-hydrogen) atoms. The van der Waals surface area contributed by atoms with Gasteiger partial charge in [0.25, 0.3) is 0 Å². The lowest BCUT2D eigenvalue weighted by Crippen LogP contribution is -2.61. The molecule has 0 saturated carbocycles. The average molecular weight is 1360 g/mol. The van der Waals surface area contributed by atoms with E-state index in [4.69, 9.17) is 58.8 Å². The summed E-state index contributed by atoms with van der Waals surface area (Å²) in [6.07, 6.45) is -25.5. The van der Waals surface area contributed by atoms with Crippen molar-refractivity contribution in [2.45, 2.75) is 145 Å². The zero-order valence-electron chi connectivity index (χ0n) is 46.7. The number of aromatic nitrogens is 8. The van der Waals surface area contributed by atoms with Gasteiger partial charge in [0.15, 0.2) is 53.9 Å². The molecular formula is C42H64N10O33P4. The Morgan fingerprint density at radius 1 is 0.584 bits per heavy atom. The molecule has 43 nitrogen and oxygen atoms in total. The summed E-state index contributed by atoms with van der Waals surface area (Å²) in [6.45, 7) is 3.07. The normalized spacial score (nSPS) is 34.0. The van der Waals surface area contributed by atoms with Crippen LogP contribution in [0.5, 0.6) is 0 Å². The first kappa shape index (κ1) is 71.5. The van der Waals surface area contributed by atoms with Gasteiger partial charge in [-0.15, -0.1) is 0 Å². The fourth-order valence-electron chi connectivity index (χ4n) is 9.31. The lowest BCUT2D eigenvalue weighted by atomic mass is 9.81. The minimum Gasteiger partial charge on any atom is -0.462 e. The predicted octanol–water partition coefficient (Wildman–Crippen LogP) is -4.86. The molecule has 4 aliphatic heterocycles. The van der Waals surface area contributed by atoms with Gasteiger partial charge in [-0.05, 0) is 5.92 Å². The quantitative estimate of drug-likeness (QED) is 0.0188.